The normalized spacial score (nSPS) is 9.91. The molecule has 1 amide bonds. The van der Waals surface area contributed by atoms with E-state index in [0.29, 0.717) is 13.1 Å². The molecule has 0 aliphatic heterocycles. The first kappa shape index (κ1) is 18.2. The van der Waals surface area contributed by atoms with Gasteiger partial charge in [-0.25, -0.2) is 0 Å². The largest absolute Gasteiger partial charge is 0.352 e. The lowest BCUT2D eigenvalue weighted by Gasteiger charge is -2.10. The summed E-state index contributed by atoms with van der Waals surface area (Å²) in [5.41, 5.74) is 9.52. The molecule has 0 saturated heterocycles. The highest BCUT2D eigenvalue weighted by molar-refractivity contribution is 6.00. The van der Waals surface area contributed by atoms with Crippen molar-refractivity contribution in [1.29, 1.82) is 0 Å². The first-order valence-electron chi connectivity index (χ1n) is 7.43. The molecule has 3 N–H and O–H groups in total. The van der Waals surface area contributed by atoms with Crippen LogP contribution in [0.5, 0.6) is 0 Å². The highest BCUT2D eigenvalue weighted by atomic mass is 35.5. The molecule has 0 bridgehead atoms. The smallest absolute Gasteiger partial charge is 0.251 e. The third-order valence-corrected chi connectivity index (χ3v) is 3.41. The Morgan fingerprint density at radius 3 is 2.41 bits per heavy atom. The van der Waals surface area contributed by atoms with Crippen molar-refractivity contribution in [2.45, 2.75) is 19.8 Å². The number of halogens is 1. The fourth-order valence-electron chi connectivity index (χ4n) is 2.28. The zero-order valence-electron chi connectivity index (χ0n) is 12.8. The average molecular weight is 319 g/mol. The molecule has 0 atom stereocenters. The predicted octanol–water partition coefficient (Wildman–Crippen LogP) is 3.42. The van der Waals surface area contributed by atoms with Crippen LogP contribution in [0.15, 0.2) is 48.5 Å². The average Bonchev–Trinajstić information content (AvgIpc) is 2.54. The van der Waals surface area contributed by atoms with Gasteiger partial charge in [-0.1, -0.05) is 49.4 Å². The molecule has 0 fully saturated rings. The Balaban J connectivity index is 0.00000242. The second kappa shape index (κ2) is 9.23. The van der Waals surface area contributed by atoms with Gasteiger partial charge in [-0.05, 0) is 42.1 Å². The number of carbonyl (C=O) groups excluding carboxylic acids is 1. The van der Waals surface area contributed by atoms with E-state index in [0.717, 1.165) is 29.5 Å². The Bertz CT molecular complexity index is 596. The number of nitrogens with two attached hydrogens (primary N) is 1. The van der Waals surface area contributed by atoms with Crippen molar-refractivity contribution < 1.29 is 4.79 Å². The zero-order chi connectivity index (χ0) is 15.1. The van der Waals surface area contributed by atoms with Crippen molar-refractivity contribution in [2.24, 2.45) is 5.73 Å². The van der Waals surface area contributed by atoms with Gasteiger partial charge in [-0.3, -0.25) is 4.79 Å². The monoisotopic (exact) mass is 318 g/mol. The summed E-state index contributed by atoms with van der Waals surface area (Å²) >= 11 is 0. The van der Waals surface area contributed by atoms with Gasteiger partial charge < -0.3 is 11.1 Å². The molecule has 0 unspecified atom stereocenters. The molecule has 2 rings (SSSR count). The lowest BCUT2D eigenvalue weighted by Crippen LogP contribution is -2.24. The molecule has 0 saturated carbocycles. The van der Waals surface area contributed by atoms with Crippen molar-refractivity contribution >= 4 is 18.3 Å². The first-order chi connectivity index (χ1) is 10.3. The van der Waals surface area contributed by atoms with Gasteiger partial charge in [0.15, 0.2) is 0 Å². The minimum absolute atomic E-state index is 0. The highest BCUT2D eigenvalue weighted by Crippen LogP contribution is 2.24. The Kier molecular flexibility index (Phi) is 7.64. The van der Waals surface area contributed by atoms with Crippen LogP contribution in [0, 0.1) is 0 Å². The van der Waals surface area contributed by atoms with Crippen LogP contribution >= 0.6 is 12.4 Å². The van der Waals surface area contributed by atoms with Crippen molar-refractivity contribution in [3.63, 3.8) is 0 Å². The van der Waals surface area contributed by atoms with Crippen LogP contribution in [-0.4, -0.2) is 19.0 Å². The van der Waals surface area contributed by atoms with E-state index >= 15 is 0 Å². The van der Waals surface area contributed by atoms with Crippen LogP contribution in [0.2, 0.25) is 0 Å². The maximum atomic E-state index is 12.2. The van der Waals surface area contributed by atoms with Crippen molar-refractivity contribution in [2.75, 3.05) is 13.1 Å². The molecule has 0 heterocycles. The molecular formula is C18H23ClN2O. The first-order valence-corrected chi connectivity index (χ1v) is 7.43. The van der Waals surface area contributed by atoms with Gasteiger partial charge in [-0.2, -0.15) is 0 Å². The maximum absolute atomic E-state index is 12.2. The van der Waals surface area contributed by atoms with Gasteiger partial charge in [0, 0.05) is 12.1 Å². The van der Waals surface area contributed by atoms with Gasteiger partial charge in [0.2, 0.25) is 0 Å². The Hall–Kier alpha value is -1.84. The van der Waals surface area contributed by atoms with E-state index < -0.39 is 0 Å². The Morgan fingerprint density at radius 2 is 1.77 bits per heavy atom. The molecule has 3 nitrogen and oxygen atoms in total. The molecule has 2 aromatic carbocycles. The third kappa shape index (κ3) is 4.58. The van der Waals surface area contributed by atoms with Gasteiger partial charge in [-0.15, -0.1) is 12.4 Å². The second-order valence-electron chi connectivity index (χ2n) is 5.04. The highest BCUT2D eigenvalue weighted by Gasteiger charge is 2.11. The predicted molar refractivity (Wildman–Crippen MR) is 94.5 cm³/mol. The molecule has 0 spiro atoms. The molecule has 2 aromatic rings. The van der Waals surface area contributed by atoms with Crippen molar-refractivity contribution in [3.05, 3.63) is 59.7 Å². The minimum atomic E-state index is -0.0153. The number of nitrogens with one attached hydrogen (secondary N) is 1. The summed E-state index contributed by atoms with van der Waals surface area (Å²) in [4.78, 5) is 12.2. The standard InChI is InChI=1S/C18H22N2O.ClH/c1-2-13-20-18(21)17-6-4-3-5-16(17)15-9-7-14(8-10-15)11-12-19;/h3-10H,2,11-13,19H2,1H3,(H,20,21);1H. The molecule has 4 heteroatoms. The van der Waals surface area contributed by atoms with Gasteiger partial charge in [0.05, 0.1) is 0 Å². The Labute approximate surface area is 138 Å². The van der Waals surface area contributed by atoms with Crippen LogP contribution in [0.25, 0.3) is 11.1 Å². The lowest BCUT2D eigenvalue weighted by atomic mass is 9.97. The van der Waals surface area contributed by atoms with Crippen LogP contribution < -0.4 is 11.1 Å². The number of benzene rings is 2. The van der Waals surface area contributed by atoms with Crippen LogP contribution in [0.1, 0.15) is 29.3 Å². The Morgan fingerprint density at radius 1 is 1.09 bits per heavy atom. The second-order valence-corrected chi connectivity index (χ2v) is 5.04. The van der Waals surface area contributed by atoms with Gasteiger partial charge >= 0.3 is 0 Å². The van der Waals surface area contributed by atoms with E-state index in [1.165, 1.54) is 5.56 Å². The van der Waals surface area contributed by atoms with E-state index in [1.54, 1.807) is 0 Å². The van der Waals surface area contributed by atoms with Crippen molar-refractivity contribution in [3.8, 4) is 11.1 Å². The number of rotatable bonds is 6. The summed E-state index contributed by atoms with van der Waals surface area (Å²) in [5.74, 6) is -0.0153. The SMILES string of the molecule is CCCNC(=O)c1ccccc1-c1ccc(CCN)cc1.Cl. The van der Waals surface area contributed by atoms with Crippen molar-refractivity contribution in [1.82, 2.24) is 5.32 Å². The summed E-state index contributed by atoms with van der Waals surface area (Å²) in [6.45, 7) is 3.39. The molecule has 0 radical (unpaired) electrons. The topological polar surface area (TPSA) is 55.1 Å². The molecule has 0 aromatic heterocycles. The van der Waals surface area contributed by atoms with E-state index in [2.05, 4.69) is 29.6 Å². The van der Waals surface area contributed by atoms with E-state index in [4.69, 9.17) is 5.73 Å². The summed E-state index contributed by atoms with van der Waals surface area (Å²) in [6, 6.07) is 16.0. The molecule has 0 aliphatic rings. The summed E-state index contributed by atoms with van der Waals surface area (Å²) in [7, 11) is 0. The van der Waals surface area contributed by atoms with Crippen LogP contribution in [0.4, 0.5) is 0 Å². The number of hydrogen-bond donors (Lipinski definition) is 2. The summed E-state index contributed by atoms with van der Waals surface area (Å²) < 4.78 is 0. The summed E-state index contributed by atoms with van der Waals surface area (Å²) in [5, 5.41) is 2.93. The summed E-state index contributed by atoms with van der Waals surface area (Å²) in [6.07, 6.45) is 1.81. The molecule has 22 heavy (non-hydrogen) atoms. The van der Waals surface area contributed by atoms with Crippen LogP contribution in [-0.2, 0) is 6.42 Å². The molecular weight excluding hydrogens is 296 g/mol. The fraction of sp³-hybridized carbons (Fsp3) is 0.278. The number of hydrogen-bond acceptors (Lipinski definition) is 2. The van der Waals surface area contributed by atoms with E-state index in [1.807, 2.05) is 31.2 Å². The maximum Gasteiger partial charge on any atom is 0.251 e. The number of amides is 1. The van der Waals surface area contributed by atoms with Gasteiger partial charge in [0.1, 0.15) is 0 Å². The van der Waals surface area contributed by atoms with Gasteiger partial charge in [0.25, 0.3) is 5.91 Å². The number of carbonyl (C=O) groups is 1. The third-order valence-electron chi connectivity index (χ3n) is 3.41. The lowest BCUT2D eigenvalue weighted by molar-refractivity contribution is 0.0954. The quantitative estimate of drug-likeness (QED) is 0.857. The minimum Gasteiger partial charge on any atom is -0.352 e. The molecule has 0 aliphatic carbocycles. The van der Waals surface area contributed by atoms with Crippen LogP contribution in [0.3, 0.4) is 0 Å². The van der Waals surface area contributed by atoms with E-state index in [-0.39, 0.29) is 18.3 Å². The fourth-order valence-corrected chi connectivity index (χ4v) is 2.28. The molecule has 118 valence electrons. The zero-order valence-corrected chi connectivity index (χ0v) is 13.7. The van der Waals surface area contributed by atoms with E-state index in [9.17, 15) is 4.79 Å².